The summed E-state index contributed by atoms with van der Waals surface area (Å²) in [5.74, 6) is -0.744. The van der Waals surface area contributed by atoms with E-state index in [1.165, 1.54) is 12.1 Å². The predicted octanol–water partition coefficient (Wildman–Crippen LogP) is 0.597. The zero-order valence-electron chi connectivity index (χ0n) is 7.11. The van der Waals surface area contributed by atoms with Crippen LogP contribution in [0.3, 0.4) is 0 Å². The van der Waals surface area contributed by atoms with Crippen molar-refractivity contribution >= 4 is 11.9 Å². The van der Waals surface area contributed by atoms with Gasteiger partial charge < -0.3 is 5.73 Å². The minimum absolute atomic E-state index is 0.233. The monoisotopic (exact) mass is 197 g/mol. The molecule has 0 aliphatic heterocycles. The van der Waals surface area contributed by atoms with Crippen molar-refractivity contribution in [2.24, 2.45) is 5.73 Å². The number of carbonyl (C=O) groups excluding carboxylic acids is 2. The van der Waals surface area contributed by atoms with Gasteiger partial charge in [0.05, 0.1) is 0 Å². The maximum atomic E-state index is 12.5. The topological polar surface area (TPSA) is 75.4 Å². The molecule has 0 bridgehead atoms. The van der Waals surface area contributed by atoms with Gasteiger partial charge in [0.25, 0.3) is 5.91 Å². The van der Waals surface area contributed by atoms with Crippen molar-refractivity contribution in [2.75, 3.05) is 0 Å². The largest absolute Gasteiger partial charge is 0.363 e. The van der Waals surface area contributed by atoms with Gasteiger partial charge in [0.15, 0.2) is 0 Å². The molecule has 14 heavy (non-hydrogen) atoms. The highest BCUT2D eigenvalue weighted by molar-refractivity contribution is 5.94. The van der Waals surface area contributed by atoms with Crippen molar-refractivity contribution in [3.8, 4) is 0 Å². The third kappa shape index (κ3) is 2.44. The Labute approximate surface area is 79.2 Å². The maximum Gasteiger partial charge on any atom is 0.363 e. The molecule has 0 saturated heterocycles. The molecule has 1 rings (SSSR count). The van der Waals surface area contributed by atoms with Gasteiger partial charge in [0, 0.05) is 5.56 Å². The summed E-state index contributed by atoms with van der Waals surface area (Å²) in [7, 11) is 0. The van der Waals surface area contributed by atoms with Gasteiger partial charge in [-0.05, 0) is 12.1 Å². The number of benzene rings is 1. The molecule has 0 heterocycles. The van der Waals surface area contributed by atoms with E-state index in [0.29, 0.717) is 0 Å². The van der Waals surface area contributed by atoms with Crippen molar-refractivity contribution in [1.29, 1.82) is 0 Å². The highest BCUT2D eigenvalue weighted by Gasteiger charge is 2.12. The Balaban J connectivity index is 2.64. The molecule has 3 N–H and O–H groups in total. The molecule has 3 amide bonds. The average Bonchev–Trinajstić information content (AvgIpc) is 2.19. The summed E-state index contributed by atoms with van der Waals surface area (Å²) in [6.07, 6.45) is 0. The zero-order chi connectivity index (χ0) is 10.6. The van der Waals surface area contributed by atoms with E-state index in [-0.39, 0.29) is 5.56 Å². The summed E-state index contributed by atoms with van der Waals surface area (Å²) in [6.45, 7) is 0. The van der Waals surface area contributed by atoms with Gasteiger partial charge in [-0.25, -0.2) is 10.2 Å². The Morgan fingerprint density at radius 2 is 1.86 bits per heavy atom. The normalized spacial score (nSPS) is 9.21. The Kier molecular flexibility index (Phi) is 3.01. The first kappa shape index (κ1) is 9.97. The number of nitrogens with two attached hydrogens (primary N) is 1. The maximum absolute atomic E-state index is 12.5. The van der Waals surface area contributed by atoms with Crippen LogP contribution in [0.25, 0.3) is 0 Å². The molecule has 0 aliphatic rings. The second-order valence-corrected chi connectivity index (χ2v) is 2.43. The number of halogens is 1. The summed E-state index contributed by atoms with van der Waals surface area (Å²) in [5.41, 5.74) is 6.44. The molecular formula is C8H8FN3O2. The van der Waals surface area contributed by atoms with Crippen molar-refractivity contribution in [2.45, 2.75) is 0 Å². The van der Waals surface area contributed by atoms with Crippen LogP contribution < -0.4 is 11.2 Å². The van der Waals surface area contributed by atoms with Crippen LogP contribution in [0.4, 0.5) is 9.28 Å². The Bertz CT molecular complexity index is 342. The molecular weight excluding hydrogens is 189 g/mol. The van der Waals surface area contributed by atoms with Gasteiger partial charge in [-0.2, -0.15) is 0 Å². The molecule has 6 heteroatoms. The van der Waals surface area contributed by atoms with E-state index < -0.39 is 17.2 Å². The van der Waals surface area contributed by atoms with E-state index in [1.807, 2.05) is 0 Å². The fraction of sp³-hybridized carbons (Fsp3) is 0. The third-order valence-electron chi connectivity index (χ3n) is 1.43. The SMILES string of the molecule is NC(=O)N(F)NC(=O)c1ccccc1. The number of carbonyl (C=O) groups is 2. The molecule has 0 radical (unpaired) electrons. The second-order valence-electron chi connectivity index (χ2n) is 2.43. The average molecular weight is 197 g/mol. The number of rotatable bonds is 1. The fourth-order valence-electron chi connectivity index (χ4n) is 0.798. The van der Waals surface area contributed by atoms with Crippen LogP contribution in [0, 0.1) is 0 Å². The number of primary amides is 1. The van der Waals surface area contributed by atoms with Crippen LogP contribution in [-0.4, -0.2) is 17.2 Å². The van der Waals surface area contributed by atoms with Crippen molar-refractivity contribution in [3.63, 3.8) is 0 Å². The van der Waals surface area contributed by atoms with E-state index in [9.17, 15) is 14.1 Å². The van der Waals surface area contributed by atoms with E-state index in [1.54, 1.807) is 23.6 Å². The van der Waals surface area contributed by atoms with E-state index in [2.05, 4.69) is 5.73 Å². The van der Waals surface area contributed by atoms with Gasteiger partial charge in [-0.1, -0.05) is 27.9 Å². The van der Waals surface area contributed by atoms with Crippen molar-refractivity contribution in [3.05, 3.63) is 35.9 Å². The number of hydrogen-bond acceptors (Lipinski definition) is 2. The number of urea groups is 1. The van der Waals surface area contributed by atoms with Gasteiger partial charge in [-0.15, -0.1) is 0 Å². The Hall–Kier alpha value is -2.11. The predicted molar refractivity (Wildman–Crippen MR) is 46.4 cm³/mol. The lowest BCUT2D eigenvalue weighted by Gasteiger charge is -2.09. The van der Waals surface area contributed by atoms with Crippen LogP contribution >= 0.6 is 0 Å². The van der Waals surface area contributed by atoms with Crippen LogP contribution in [0.2, 0.25) is 0 Å². The van der Waals surface area contributed by atoms with Crippen LogP contribution in [0.1, 0.15) is 10.4 Å². The first-order chi connectivity index (χ1) is 6.61. The quantitative estimate of drug-likeness (QED) is 0.510. The van der Waals surface area contributed by atoms with Crippen LogP contribution in [-0.2, 0) is 0 Å². The minimum atomic E-state index is -1.38. The molecule has 0 saturated carbocycles. The lowest BCUT2D eigenvalue weighted by molar-refractivity contribution is 0.0194. The first-order valence-corrected chi connectivity index (χ1v) is 3.72. The Morgan fingerprint density at radius 3 is 2.36 bits per heavy atom. The molecule has 74 valence electrons. The van der Waals surface area contributed by atoms with Gasteiger partial charge >= 0.3 is 6.03 Å². The molecule has 0 aromatic heterocycles. The number of nitrogens with zero attached hydrogens (tertiary/aromatic N) is 1. The lowest BCUT2D eigenvalue weighted by atomic mass is 10.2. The van der Waals surface area contributed by atoms with E-state index in [0.717, 1.165) is 0 Å². The molecule has 5 nitrogen and oxygen atoms in total. The Morgan fingerprint density at radius 1 is 1.29 bits per heavy atom. The van der Waals surface area contributed by atoms with Crippen molar-refractivity contribution in [1.82, 2.24) is 10.7 Å². The number of amides is 3. The molecule has 0 spiro atoms. The summed E-state index contributed by atoms with van der Waals surface area (Å²) in [6, 6.07) is 6.50. The lowest BCUT2D eigenvalue weighted by Crippen LogP contribution is -2.43. The molecule has 0 unspecified atom stereocenters. The van der Waals surface area contributed by atoms with Gasteiger partial charge in [0.1, 0.15) is 0 Å². The van der Waals surface area contributed by atoms with E-state index >= 15 is 0 Å². The van der Waals surface area contributed by atoms with Crippen LogP contribution in [0.15, 0.2) is 30.3 Å². The summed E-state index contributed by atoms with van der Waals surface area (Å²) in [4.78, 5) is 21.4. The summed E-state index contributed by atoms with van der Waals surface area (Å²) >= 11 is 0. The van der Waals surface area contributed by atoms with Gasteiger partial charge in [0.2, 0.25) is 0 Å². The summed E-state index contributed by atoms with van der Waals surface area (Å²) < 4.78 is 12.5. The summed E-state index contributed by atoms with van der Waals surface area (Å²) in [5, 5.41) is -0.574. The molecule has 1 aromatic rings. The first-order valence-electron chi connectivity index (χ1n) is 3.72. The smallest absolute Gasteiger partial charge is 0.348 e. The molecule has 0 atom stereocenters. The van der Waals surface area contributed by atoms with E-state index in [4.69, 9.17) is 0 Å². The minimum Gasteiger partial charge on any atom is -0.348 e. The highest BCUT2D eigenvalue weighted by Crippen LogP contribution is 1.98. The second kappa shape index (κ2) is 4.22. The third-order valence-corrected chi connectivity index (χ3v) is 1.43. The van der Waals surface area contributed by atoms with Gasteiger partial charge in [-0.3, -0.25) is 4.79 Å². The highest BCUT2D eigenvalue weighted by atomic mass is 19.2. The fourth-order valence-corrected chi connectivity index (χ4v) is 0.798. The van der Waals surface area contributed by atoms with Crippen molar-refractivity contribution < 1.29 is 14.1 Å². The molecule has 0 fully saturated rings. The molecule has 0 aliphatic carbocycles. The standard InChI is InChI=1S/C8H8FN3O2/c9-12(8(10)14)11-7(13)6-4-2-1-3-5-6/h1-5H,(H2,10,14)(H,11,13). The molecule has 1 aromatic carbocycles. The number of hydrogen-bond donors (Lipinski definition) is 2. The number of hydrazine groups is 1. The number of nitrogens with one attached hydrogen (secondary N) is 1. The zero-order valence-corrected chi connectivity index (χ0v) is 7.11. The van der Waals surface area contributed by atoms with Crippen LogP contribution in [0.5, 0.6) is 0 Å².